The molecule has 168 valence electrons. The first-order valence-corrected chi connectivity index (χ1v) is 11.9. The van der Waals surface area contributed by atoms with Gasteiger partial charge in [0.25, 0.3) is 0 Å². The molecule has 0 fully saturated rings. The molecule has 0 saturated heterocycles. The molecule has 1 amide bonds. The Morgan fingerprint density at radius 2 is 1.11 bits per heavy atom. The number of aliphatic hydroxyl groups excluding tert-OH is 2. The maximum atomic E-state index is 11.8. The Hall–Kier alpha value is -0.650. The van der Waals surface area contributed by atoms with Gasteiger partial charge >= 0.3 is 0 Å². The second-order valence-corrected chi connectivity index (χ2v) is 7.99. The fourth-order valence-electron chi connectivity index (χ4n) is 3.54. The van der Waals surface area contributed by atoms with E-state index in [-0.39, 0.29) is 19.1 Å². The lowest BCUT2D eigenvalue weighted by molar-refractivity contribution is -0.121. The van der Waals surface area contributed by atoms with Gasteiger partial charge in [-0.2, -0.15) is 0 Å². The predicted molar refractivity (Wildman–Crippen MR) is 119 cm³/mol. The Kier molecular flexibility index (Phi) is 22.1. The molecule has 0 spiro atoms. The van der Waals surface area contributed by atoms with Gasteiger partial charge in [-0.25, -0.2) is 0 Å². The highest BCUT2D eigenvalue weighted by Gasteiger charge is 2.05. The lowest BCUT2D eigenvalue weighted by atomic mass is 10.0. The predicted octanol–water partition coefficient (Wildman–Crippen LogP) is 4.26. The van der Waals surface area contributed by atoms with Crippen molar-refractivity contribution in [2.75, 3.05) is 39.4 Å². The summed E-state index contributed by atoms with van der Waals surface area (Å²) in [7, 11) is 0. The summed E-state index contributed by atoms with van der Waals surface area (Å²) in [6, 6.07) is 0. The van der Waals surface area contributed by atoms with E-state index in [1.165, 1.54) is 77.0 Å². The number of carbonyl (C=O) groups excluding carboxylic acids is 1. The van der Waals surface area contributed by atoms with Crippen molar-refractivity contribution >= 4 is 5.91 Å². The molecule has 0 bridgehead atoms. The van der Waals surface area contributed by atoms with Crippen LogP contribution in [0, 0.1) is 0 Å². The summed E-state index contributed by atoms with van der Waals surface area (Å²) in [5, 5.41) is 20.8. The van der Waals surface area contributed by atoms with Gasteiger partial charge in [0.15, 0.2) is 0 Å². The first kappa shape index (κ1) is 27.4. The van der Waals surface area contributed by atoms with E-state index < -0.39 is 0 Å². The molecule has 0 aromatic carbocycles. The molecule has 0 atom stereocenters. The Bertz CT molecular complexity index is 321. The molecule has 0 aliphatic rings. The largest absolute Gasteiger partial charge is 0.395 e. The molecule has 0 aliphatic heterocycles. The van der Waals surface area contributed by atoms with E-state index in [0.29, 0.717) is 32.6 Å². The van der Waals surface area contributed by atoms with Crippen molar-refractivity contribution in [3.05, 3.63) is 0 Å². The summed E-state index contributed by atoms with van der Waals surface area (Å²) < 4.78 is 0. The van der Waals surface area contributed by atoms with E-state index in [1.807, 2.05) is 4.90 Å². The van der Waals surface area contributed by atoms with Crippen LogP contribution < -0.4 is 5.32 Å². The number of amides is 1. The summed E-state index contributed by atoms with van der Waals surface area (Å²) in [4.78, 5) is 13.8. The molecule has 0 heterocycles. The number of hydrogen-bond acceptors (Lipinski definition) is 4. The number of unbranched alkanes of at least 4 members (excludes halogenated alkanes) is 13. The van der Waals surface area contributed by atoms with E-state index in [1.54, 1.807) is 0 Å². The number of hydrogen-bond donors (Lipinski definition) is 3. The second kappa shape index (κ2) is 22.6. The van der Waals surface area contributed by atoms with Gasteiger partial charge in [-0.05, 0) is 6.42 Å². The molecule has 5 nitrogen and oxygen atoms in total. The number of nitrogens with zero attached hydrogens (tertiary/aromatic N) is 1. The number of rotatable bonds is 22. The van der Waals surface area contributed by atoms with Crippen molar-refractivity contribution in [2.45, 2.75) is 103 Å². The molecule has 0 aliphatic carbocycles. The quantitative estimate of drug-likeness (QED) is 0.237. The number of nitrogens with one attached hydrogen (secondary N) is 1. The summed E-state index contributed by atoms with van der Waals surface area (Å²) in [6.07, 6.45) is 19.2. The van der Waals surface area contributed by atoms with Gasteiger partial charge in [0, 0.05) is 32.6 Å². The number of aliphatic hydroxyl groups is 2. The molecule has 0 saturated carbocycles. The lowest BCUT2D eigenvalue weighted by Gasteiger charge is -2.20. The second-order valence-electron chi connectivity index (χ2n) is 7.99. The number of carbonyl (C=O) groups is 1. The van der Waals surface area contributed by atoms with Crippen molar-refractivity contribution < 1.29 is 15.0 Å². The third-order valence-electron chi connectivity index (χ3n) is 5.34. The van der Waals surface area contributed by atoms with Gasteiger partial charge in [0.1, 0.15) is 0 Å². The zero-order valence-electron chi connectivity index (χ0n) is 18.6. The fraction of sp³-hybridized carbons (Fsp3) is 0.957. The zero-order valence-corrected chi connectivity index (χ0v) is 18.6. The molecule has 0 aromatic rings. The van der Waals surface area contributed by atoms with Crippen LogP contribution in [0.3, 0.4) is 0 Å². The molecule has 3 N–H and O–H groups in total. The van der Waals surface area contributed by atoms with Gasteiger partial charge < -0.3 is 15.5 Å². The van der Waals surface area contributed by atoms with Crippen LogP contribution in [-0.4, -0.2) is 60.4 Å². The van der Waals surface area contributed by atoms with Crippen molar-refractivity contribution in [1.82, 2.24) is 10.2 Å². The fourth-order valence-corrected chi connectivity index (χ4v) is 3.54. The van der Waals surface area contributed by atoms with Gasteiger partial charge in [0.2, 0.25) is 5.91 Å². The van der Waals surface area contributed by atoms with Crippen LogP contribution in [0.5, 0.6) is 0 Å². The standard InChI is InChI=1S/C23H48N2O3/c1-2-3-4-5-6-7-8-9-10-11-12-13-14-15-16-23(28)24-17-18-25(19-21-26)20-22-27/h26-27H,2-22H2,1H3,(H,24,28). The van der Waals surface area contributed by atoms with E-state index in [0.717, 1.165) is 12.8 Å². The minimum atomic E-state index is 0.0764. The van der Waals surface area contributed by atoms with Gasteiger partial charge in [0.05, 0.1) is 13.2 Å². The zero-order chi connectivity index (χ0) is 20.7. The minimum Gasteiger partial charge on any atom is -0.395 e. The topological polar surface area (TPSA) is 72.8 Å². The third kappa shape index (κ3) is 20.1. The van der Waals surface area contributed by atoms with Gasteiger partial charge in [-0.1, -0.05) is 90.4 Å². The molecule has 28 heavy (non-hydrogen) atoms. The maximum Gasteiger partial charge on any atom is 0.220 e. The first-order chi connectivity index (χ1) is 13.7. The molecule has 0 radical (unpaired) electrons. The van der Waals surface area contributed by atoms with E-state index >= 15 is 0 Å². The summed E-state index contributed by atoms with van der Waals surface area (Å²) in [5.41, 5.74) is 0. The minimum absolute atomic E-state index is 0.0764. The molecule has 0 aromatic heterocycles. The highest BCUT2D eigenvalue weighted by atomic mass is 16.3. The average Bonchev–Trinajstić information content (AvgIpc) is 2.68. The van der Waals surface area contributed by atoms with Crippen LogP contribution in [0.25, 0.3) is 0 Å². The summed E-state index contributed by atoms with van der Waals surface area (Å²) in [6.45, 7) is 4.75. The van der Waals surface area contributed by atoms with Gasteiger partial charge in [-0.3, -0.25) is 9.69 Å². The molecule has 0 unspecified atom stereocenters. The first-order valence-electron chi connectivity index (χ1n) is 11.9. The molecular formula is C23H48N2O3. The summed E-state index contributed by atoms with van der Waals surface area (Å²) >= 11 is 0. The molecule has 5 heteroatoms. The van der Waals surface area contributed by atoms with Crippen LogP contribution in [0.4, 0.5) is 0 Å². The molecule has 0 rings (SSSR count). The Morgan fingerprint density at radius 1 is 0.679 bits per heavy atom. The normalized spacial score (nSPS) is 11.3. The SMILES string of the molecule is CCCCCCCCCCCCCCCCC(=O)NCCN(CCO)CCO. The van der Waals surface area contributed by atoms with Crippen molar-refractivity contribution in [3.63, 3.8) is 0 Å². The Balaban J connectivity index is 3.30. The van der Waals surface area contributed by atoms with Crippen LogP contribution in [-0.2, 0) is 4.79 Å². The maximum absolute atomic E-state index is 11.8. The highest BCUT2D eigenvalue weighted by molar-refractivity contribution is 5.75. The van der Waals surface area contributed by atoms with Crippen LogP contribution in [0.15, 0.2) is 0 Å². The Morgan fingerprint density at radius 3 is 1.54 bits per heavy atom. The van der Waals surface area contributed by atoms with Crippen molar-refractivity contribution in [1.29, 1.82) is 0 Å². The Labute approximate surface area is 174 Å². The average molecular weight is 401 g/mol. The van der Waals surface area contributed by atoms with Crippen molar-refractivity contribution in [2.24, 2.45) is 0 Å². The molecular weight excluding hydrogens is 352 g/mol. The highest BCUT2D eigenvalue weighted by Crippen LogP contribution is 2.13. The van der Waals surface area contributed by atoms with E-state index in [4.69, 9.17) is 10.2 Å². The van der Waals surface area contributed by atoms with Crippen LogP contribution in [0.2, 0.25) is 0 Å². The van der Waals surface area contributed by atoms with Gasteiger partial charge in [-0.15, -0.1) is 0 Å². The monoisotopic (exact) mass is 400 g/mol. The van der Waals surface area contributed by atoms with Crippen molar-refractivity contribution in [3.8, 4) is 0 Å². The van der Waals surface area contributed by atoms with Crippen LogP contribution >= 0.6 is 0 Å². The third-order valence-corrected chi connectivity index (χ3v) is 5.34. The lowest BCUT2D eigenvalue weighted by Crippen LogP contribution is -2.37. The van der Waals surface area contributed by atoms with E-state index in [9.17, 15) is 4.79 Å². The van der Waals surface area contributed by atoms with Crippen LogP contribution in [0.1, 0.15) is 103 Å². The summed E-state index contributed by atoms with van der Waals surface area (Å²) in [5.74, 6) is 0.117. The van der Waals surface area contributed by atoms with E-state index in [2.05, 4.69) is 12.2 Å². The smallest absolute Gasteiger partial charge is 0.220 e.